The summed E-state index contributed by atoms with van der Waals surface area (Å²) < 4.78 is 23.5. The normalized spacial score (nSPS) is 21.1. The van der Waals surface area contributed by atoms with Gasteiger partial charge in [0.15, 0.2) is 12.3 Å². The molecule has 1 aromatic carbocycles. The van der Waals surface area contributed by atoms with Crippen LogP contribution < -0.4 is 4.90 Å². The van der Waals surface area contributed by atoms with Crippen LogP contribution in [0.1, 0.15) is 18.7 Å². The van der Waals surface area contributed by atoms with E-state index >= 15 is 0 Å². The molecule has 23 heavy (non-hydrogen) atoms. The van der Waals surface area contributed by atoms with Gasteiger partial charge in [-0.3, -0.25) is 4.79 Å². The minimum absolute atomic E-state index is 0.0167. The minimum atomic E-state index is -0.272. The molecule has 2 heterocycles. The van der Waals surface area contributed by atoms with Crippen molar-refractivity contribution in [1.82, 2.24) is 4.98 Å². The summed E-state index contributed by atoms with van der Waals surface area (Å²) in [5.74, 6) is 0.938. The zero-order chi connectivity index (χ0) is 16.2. The van der Waals surface area contributed by atoms with Crippen molar-refractivity contribution < 1.29 is 23.2 Å². The molecule has 1 saturated heterocycles. The van der Waals surface area contributed by atoms with Crippen LogP contribution in [0.3, 0.4) is 0 Å². The first-order valence-electron chi connectivity index (χ1n) is 7.77. The molecule has 0 bridgehead atoms. The molecule has 0 aliphatic carbocycles. The van der Waals surface area contributed by atoms with E-state index in [-0.39, 0.29) is 17.7 Å². The Hall–Kier alpha value is -2.21. The number of hydrogen-bond acceptors (Lipinski definition) is 4. The van der Waals surface area contributed by atoms with Crippen molar-refractivity contribution in [2.75, 3.05) is 20.2 Å². The molecule has 3 rings (SSSR count). The van der Waals surface area contributed by atoms with Crippen LogP contribution in [0.4, 0.5) is 4.39 Å². The summed E-state index contributed by atoms with van der Waals surface area (Å²) in [7, 11) is 1.44. The fraction of sp³-hybridized carbons (Fsp3) is 0.412. The highest BCUT2D eigenvalue weighted by Gasteiger charge is 2.28. The molecule has 0 radical (unpaired) electrons. The van der Waals surface area contributed by atoms with E-state index in [4.69, 9.17) is 9.15 Å². The van der Waals surface area contributed by atoms with Crippen molar-refractivity contribution in [3.8, 4) is 11.3 Å². The Morgan fingerprint density at radius 1 is 1.35 bits per heavy atom. The number of benzene rings is 1. The van der Waals surface area contributed by atoms with Gasteiger partial charge in [-0.1, -0.05) is 0 Å². The number of esters is 1. The van der Waals surface area contributed by atoms with E-state index in [9.17, 15) is 9.18 Å². The molecule has 0 amide bonds. The predicted molar refractivity (Wildman–Crippen MR) is 81.0 cm³/mol. The second-order valence-electron chi connectivity index (χ2n) is 5.85. The Bertz CT molecular complexity index is 661. The Kier molecular flexibility index (Phi) is 4.71. The third-order valence-electron chi connectivity index (χ3n) is 4.31. The third-order valence-corrected chi connectivity index (χ3v) is 4.31. The molecule has 5 nitrogen and oxygen atoms in total. The van der Waals surface area contributed by atoms with Gasteiger partial charge >= 0.3 is 5.97 Å². The number of piperidine rings is 1. The molecule has 6 heteroatoms. The number of carbonyl (C=O) groups is 1. The SMILES string of the molecule is COC(=O)C1CC[NH+](Cc2ncc(-c3ccc(F)cc3)o2)CC1. The van der Waals surface area contributed by atoms with Crippen LogP contribution in [0, 0.1) is 11.7 Å². The number of hydrogen-bond donors (Lipinski definition) is 1. The van der Waals surface area contributed by atoms with Crippen LogP contribution in [-0.4, -0.2) is 31.2 Å². The summed E-state index contributed by atoms with van der Waals surface area (Å²) in [6.07, 6.45) is 3.32. The highest BCUT2D eigenvalue weighted by Crippen LogP contribution is 2.20. The van der Waals surface area contributed by atoms with Crippen molar-refractivity contribution in [1.29, 1.82) is 0 Å². The van der Waals surface area contributed by atoms with Gasteiger partial charge in [-0.2, -0.15) is 0 Å². The summed E-state index contributed by atoms with van der Waals surface area (Å²) in [6.45, 7) is 2.48. The van der Waals surface area contributed by atoms with Gasteiger partial charge in [0.2, 0.25) is 0 Å². The van der Waals surface area contributed by atoms with E-state index in [0.29, 0.717) is 18.2 Å². The lowest BCUT2D eigenvalue weighted by atomic mass is 9.97. The molecule has 0 spiro atoms. The van der Waals surface area contributed by atoms with Crippen LogP contribution in [0.25, 0.3) is 11.3 Å². The van der Waals surface area contributed by atoms with Crippen molar-refractivity contribution >= 4 is 5.97 Å². The van der Waals surface area contributed by atoms with E-state index in [0.717, 1.165) is 31.5 Å². The maximum atomic E-state index is 12.9. The van der Waals surface area contributed by atoms with Crippen LogP contribution in [0.5, 0.6) is 0 Å². The van der Waals surface area contributed by atoms with E-state index in [1.165, 1.54) is 24.1 Å². The van der Waals surface area contributed by atoms with E-state index in [1.807, 2.05) is 0 Å². The Morgan fingerprint density at radius 3 is 2.70 bits per heavy atom. The van der Waals surface area contributed by atoms with Crippen LogP contribution in [-0.2, 0) is 16.1 Å². The summed E-state index contributed by atoms with van der Waals surface area (Å²) in [6, 6.07) is 6.16. The van der Waals surface area contributed by atoms with Gasteiger partial charge in [0.1, 0.15) is 5.82 Å². The van der Waals surface area contributed by atoms with Gasteiger partial charge in [0, 0.05) is 18.4 Å². The number of nitrogens with one attached hydrogen (secondary N) is 1. The van der Waals surface area contributed by atoms with Gasteiger partial charge < -0.3 is 14.1 Å². The van der Waals surface area contributed by atoms with Crippen LogP contribution in [0.15, 0.2) is 34.9 Å². The summed E-state index contributed by atoms with van der Waals surface area (Å²) in [5.41, 5.74) is 0.810. The number of likely N-dealkylation sites (tertiary alicyclic amines) is 1. The van der Waals surface area contributed by atoms with E-state index < -0.39 is 0 Å². The first-order valence-corrected chi connectivity index (χ1v) is 7.77. The van der Waals surface area contributed by atoms with Crippen LogP contribution in [0.2, 0.25) is 0 Å². The maximum absolute atomic E-state index is 12.9. The Balaban J connectivity index is 1.58. The lowest BCUT2D eigenvalue weighted by Gasteiger charge is -2.26. The number of ether oxygens (including phenoxy) is 1. The molecular weight excluding hydrogens is 299 g/mol. The maximum Gasteiger partial charge on any atom is 0.309 e. The number of methoxy groups -OCH3 is 1. The summed E-state index contributed by atoms with van der Waals surface area (Å²) in [4.78, 5) is 17.2. The fourth-order valence-electron chi connectivity index (χ4n) is 2.96. The second-order valence-corrected chi connectivity index (χ2v) is 5.85. The number of oxazole rings is 1. The largest absolute Gasteiger partial charge is 0.469 e. The van der Waals surface area contributed by atoms with E-state index in [1.54, 1.807) is 18.3 Å². The predicted octanol–water partition coefficient (Wildman–Crippen LogP) is 1.45. The van der Waals surface area contributed by atoms with Crippen molar-refractivity contribution in [3.05, 3.63) is 42.2 Å². The molecule has 1 fully saturated rings. The number of rotatable bonds is 4. The monoisotopic (exact) mass is 319 g/mol. The van der Waals surface area contributed by atoms with Gasteiger partial charge in [0.05, 0.1) is 32.3 Å². The molecule has 1 N–H and O–H groups in total. The topological polar surface area (TPSA) is 56.8 Å². The average Bonchev–Trinajstić information content (AvgIpc) is 3.04. The smallest absolute Gasteiger partial charge is 0.309 e. The Morgan fingerprint density at radius 2 is 2.04 bits per heavy atom. The zero-order valence-electron chi connectivity index (χ0n) is 13.0. The molecular formula is C17H20FN2O3+. The van der Waals surface area contributed by atoms with Crippen molar-refractivity contribution in [2.45, 2.75) is 19.4 Å². The molecule has 0 saturated carbocycles. The van der Waals surface area contributed by atoms with Gasteiger partial charge in [-0.15, -0.1) is 0 Å². The standard InChI is InChI=1S/C17H19FN2O3/c1-22-17(21)13-6-8-20(9-7-13)11-16-19-10-15(23-16)12-2-4-14(18)5-3-12/h2-5,10,13H,6-9,11H2,1H3/p+1. The minimum Gasteiger partial charge on any atom is -0.469 e. The first kappa shape index (κ1) is 15.7. The highest BCUT2D eigenvalue weighted by atomic mass is 19.1. The van der Waals surface area contributed by atoms with Gasteiger partial charge in [-0.25, -0.2) is 9.37 Å². The van der Waals surface area contributed by atoms with E-state index in [2.05, 4.69) is 4.98 Å². The molecule has 1 aromatic heterocycles. The van der Waals surface area contributed by atoms with Gasteiger partial charge in [-0.05, 0) is 24.3 Å². The molecule has 2 aromatic rings. The van der Waals surface area contributed by atoms with Gasteiger partial charge in [0.25, 0.3) is 5.89 Å². The summed E-state index contributed by atoms with van der Waals surface area (Å²) in [5, 5.41) is 0. The zero-order valence-corrected chi connectivity index (χ0v) is 13.0. The molecule has 0 atom stereocenters. The van der Waals surface area contributed by atoms with Crippen molar-refractivity contribution in [2.24, 2.45) is 5.92 Å². The third kappa shape index (κ3) is 3.76. The molecule has 1 aliphatic heterocycles. The molecule has 122 valence electrons. The quantitative estimate of drug-likeness (QED) is 0.867. The first-order chi connectivity index (χ1) is 11.2. The number of halogens is 1. The number of carbonyl (C=O) groups excluding carboxylic acids is 1. The Labute approximate surface area is 134 Å². The number of aromatic nitrogens is 1. The highest BCUT2D eigenvalue weighted by molar-refractivity contribution is 5.72. The summed E-state index contributed by atoms with van der Waals surface area (Å²) >= 11 is 0. The fourth-order valence-corrected chi connectivity index (χ4v) is 2.96. The lowest BCUT2D eigenvalue weighted by Crippen LogP contribution is -3.11. The molecule has 1 aliphatic rings. The second kappa shape index (κ2) is 6.91. The number of nitrogens with zero attached hydrogens (tertiary/aromatic N) is 1. The lowest BCUT2D eigenvalue weighted by molar-refractivity contribution is -0.920. The average molecular weight is 319 g/mol. The van der Waals surface area contributed by atoms with Crippen molar-refractivity contribution in [3.63, 3.8) is 0 Å². The molecule has 0 unspecified atom stereocenters. The number of quaternary nitrogens is 1. The van der Waals surface area contributed by atoms with Crippen LogP contribution >= 0.6 is 0 Å².